The standard InChI is InChI=1S/C18H20N6O3/c1-12-10-13(2)24(21-12)16-6-4-14(11-19-16)20-18(26)15-5-7-17(25)23(22-15)8-9-27-3/h4-7,10-11H,8-9H2,1-3H3,(H,20,26). The Morgan fingerprint density at radius 1 is 1.19 bits per heavy atom. The first-order valence-electron chi connectivity index (χ1n) is 8.36. The van der Waals surface area contributed by atoms with Gasteiger partial charge in [-0.25, -0.2) is 14.3 Å². The molecule has 140 valence electrons. The molecule has 0 aliphatic rings. The second-order valence-electron chi connectivity index (χ2n) is 5.97. The Balaban J connectivity index is 1.74. The summed E-state index contributed by atoms with van der Waals surface area (Å²) in [6, 6.07) is 8.15. The minimum Gasteiger partial charge on any atom is -0.383 e. The van der Waals surface area contributed by atoms with Gasteiger partial charge in [0.2, 0.25) is 0 Å². The topological polar surface area (TPSA) is 104 Å². The molecule has 9 heteroatoms. The average molecular weight is 368 g/mol. The van der Waals surface area contributed by atoms with Crippen molar-refractivity contribution in [1.29, 1.82) is 0 Å². The van der Waals surface area contributed by atoms with Gasteiger partial charge in [-0.2, -0.15) is 10.2 Å². The third-order valence-corrected chi connectivity index (χ3v) is 3.84. The summed E-state index contributed by atoms with van der Waals surface area (Å²) >= 11 is 0. The summed E-state index contributed by atoms with van der Waals surface area (Å²) in [6.45, 7) is 4.46. The van der Waals surface area contributed by atoms with E-state index >= 15 is 0 Å². The number of methoxy groups -OCH3 is 1. The van der Waals surface area contributed by atoms with Crippen LogP contribution in [0, 0.1) is 13.8 Å². The smallest absolute Gasteiger partial charge is 0.276 e. The van der Waals surface area contributed by atoms with E-state index in [2.05, 4.69) is 20.5 Å². The molecule has 0 saturated heterocycles. The molecule has 27 heavy (non-hydrogen) atoms. The summed E-state index contributed by atoms with van der Waals surface area (Å²) in [7, 11) is 1.53. The van der Waals surface area contributed by atoms with Gasteiger partial charge in [0.15, 0.2) is 5.82 Å². The lowest BCUT2D eigenvalue weighted by Crippen LogP contribution is -2.27. The normalized spacial score (nSPS) is 10.8. The molecule has 0 aromatic carbocycles. The molecule has 3 aromatic heterocycles. The highest BCUT2D eigenvalue weighted by atomic mass is 16.5. The Hall–Kier alpha value is -3.33. The molecule has 0 aliphatic heterocycles. The average Bonchev–Trinajstić information content (AvgIpc) is 2.99. The Bertz CT molecular complexity index is 1010. The van der Waals surface area contributed by atoms with Crippen LogP contribution in [0.1, 0.15) is 21.9 Å². The van der Waals surface area contributed by atoms with Crippen molar-refractivity contribution in [3.63, 3.8) is 0 Å². The number of pyridine rings is 1. The number of ether oxygens (including phenoxy) is 1. The number of nitrogens with zero attached hydrogens (tertiary/aromatic N) is 5. The van der Waals surface area contributed by atoms with E-state index in [1.54, 1.807) is 23.0 Å². The molecule has 3 aromatic rings. The van der Waals surface area contributed by atoms with Gasteiger partial charge in [0.05, 0.1) is 30.7 Å². The quantitative estimate of drug-likeness (QED) is 0.704. The highest BCUT2D eigenvalue weighted by molar-refractivity contribution is 6.02. The van der Waals surface area contributed by atoms with Crippen molar-refractivity contribution in [1.82, 2.24) is 24.5 Å². The summed E-state index contributed by atoms with van der Waals surface area (Å²) in [5.74, 6) is 0.228. The zero-order chi connectivity index (χ0) is 19.4. The number of carbonyl (C=O) groups is 1. The number of aryl methyl sites for hydroxylation is 2. The van der Waals surface area contributed by atoms with Gasteiger partial charge < -0.3 is 10.1 Å². The zero-order valence-corrected chi connectivity index (χ0v) is 15.3. The summed E-state index contributed by atoms with van der Waals surface area (Å²) in [6.07, 6.45) is 1.55. The van der Waals surface area contributed by atoms with Gasteiger partial charge in [-0.05, 0) is 38.1 Å². The van der Waals surface area contributed by atoms with Crippen LogP contribution in [0.4, 0.5) is 5.69 Å². The zero-order valence-electron chi connectivity index (χ0n) is 15.3. The first-order valence-corrected chi connectivity index (χ1v) is 8.36. The van der Waals surface area contributed by atoms with Gasteiger partial charge in [-0.1, -0.05) is 0 Å². The summed E-state index contributed by atoms with van der Waals surface area (Å²) in [5.41, 5.74) is 2.23. The lowest BCUT2D eigenvalue weighted by Gasteiger charge is -2.08. The van der Waals surface area contributed by atoms with Gasteiger partial charge >= 0.3 is 0 Å². The maximum Gasteiger partial charge on any atom is 0.276 e. The minimum absolute atomic E-state index is 0.133. The SMILES string of the molecule is COCCn1nc(C(=O)Nc2ccc(-n3nc(C)cc3C)nc2)ccc1=O. The maximum absolute atomic E-state index is 12.4. The predicted molar refractivity (Wildman–Crippen MR) is 99.2 cm³/mol. The Morgan fingerprint density at radius 2 is 2.00 bits per heavy atom. The summed E-state index contributed by atoms with van der Waals surface area (Å²) in [5, 5.41) is 11.2. The van der Waals surface area contributed by atoms with E-state index in [1.165, 1.54) is 23.9 Å². The van der Waals surface area contributed by atoms with Crippen LogP contribution in [-0.2, 0) is 11.3 Å². The van der Waals surface area contributed by atoms with Crippen molar-refractivity contribution in [2.45, 2.75) is 20.4 Å². The Labute approximate surface area is 155 Å². The number of anilines is 1. The van der Waals surface area contributed by atoms with Crippen molar-refractivity contribution >= 4 is 11.6 Å². The number of aromatic nitrogens is 5. The molecule has 0 bridgehead atoms. The molecule has 0 atom stereocenters. The molecule has 9 nitrogen and oxygen atoms in total. The number of nitrogens with one attached hydrogen (secondary N) is 1. The number of amides is 1. The van der Waals surface area contributed by atoms with E-state index in [4.69, 9.17) is 4.74 Å². The van der Waals surface area contributed by atoms with Crippen molar-refractivity contribution < 1.29 is 9.53 Å². The molecule has 0 saturated carbocycles. The van der Waals surface area contributed by atoms with Gasteiger partial charge in [0.1, 0.15) is 5.69 Å². The molecular weight excluding hydrogens is 348 g/mol. The molecule has 0 fully saturated rings. The third kappa shape index (κ3) is 4.26. The highest BCUT2D eigenvalue weighted by Crippen LogP contribution is 2.13. The number of hydrogen-bond acceptors (Lipinski definition) is 6. The van der Waals surface area contributed by atoms with E-state index in [0.29, 0.717) is 18.1 Å². The first kappa shape index (κ1) is 18.5. The maximum atomic E-state index is 12.4. The third-order valence-electron chi connectivity index (χ3n) is 3.84. The largest absolute Gasteiger partial charge is 0.383 e. The fraction of sp³-hybridized carbons (Fsp3) is 0.278. The fourth-order valence-corrected chi connectivity index (χ4v) is 2.55. The van der Waals surface area contributed by atoms with Gasteiger partial charge in [-0.15, -0.1) is 0 Å². The van der Waals surface area contributed by atoms with Crippen molar-refractivity contribution in [3.8, 4) is 5.82 Å². The number of rotatable bonds is 6. The van der Waals surface area contributed by atoms with Gasteiger partial charge in [-0.3, -0.25) is 9.59 Å². The molecule has 0 radical (unpaired) electrons. The van der Waals surface area contributed by atoms with Crippen LogP contribution < -0.4 is 10.9 Å². The van der Waals surface area contributed by atoms with Crippen LogP contribution in [0.5, 0.6) is 0 Å². The molecule has 3 rings (SSSR count). The van der Waals surface area contributed by atoms with Crippen LogP contribution in [0.15, 0.2) is 41.3 Å². The molecule has 0 unspecified atom stereocenters. The molecule has 0 aliphatic carbocycles. The van der Waals surface area contributed by atoms with Crippen molar-refractivity contribution in [3.05, 3.63) is 64.0 Å². The lowest BCUT2D eigenvalue weighted by molar-refractivity contribution is 0.101. The van der Waals surface area contributed by atoms with E-state index in [-0.39, 0.29) is 17.8 Å². The predicted octanol–water partition coefficient (Wildman–Crippen LogP) is 1.34. The summed E-state index contributed by atoms with van der Waals surface area (Å²) in [4.78, 5) is 28.5. The monoisotopic (exact) mass is 368 g/mol. The second kappa shape index (κ2) is 7.92. The molecule has 1 amide bonds. The van der Waals surface area contributed by atoms with Gasteiger partial charge in [0.25, 0.3) is 11.5 Å². The van der Waals surface area contributed by atoms with E-state index in [0.717, 1.165) is 11.4 Å². The summed E-state index contributed by atoms with van der Waals surface area (Å²) < 4.78 is 7.87. The lowest BCUT2D eigenvalue weighted by atomic mass is 10.3. The molecular formula is C18H20N6O3. The van der Waals surface area contributed by atoms with Crippen LogP contribution in [0.25, 0.3) is 5.82 Å². The van der Waals surface area contributed by atoms with Crippen molar-refractivity contribution in [2.24, 2.45) is 0 Å². The first-order chi connectivity index (χ1) is 13.0. The van der Waals surface area contributed by atoms with Crippen LogP contribution in [0.2, 0.25) is 0 Å². The van der Waals surface area contributed by atoms with Crippen LogP contribution >= 0.6 is 0 Å². The van der Waals surface area contributed by atoms with Crippen LogP contribution in [-0.4, -0.2) is 44.2 Å². The van der Waals surface area contributed by atoms with Crippen molar-refractivity contribution in [2.75, 3.05) is 19.0 Å². The Kier molecular flexibility index (Phi) is 5.41. The Morgan fingerprint density at radius 3 is 2.63 bits per heavy atom. The van der Waals surface area contributed by atoms with E-state index < -0.39 is 5.91 Å². The minimum atomic E-state index is -0.429. The number of hydrogen-bond donors (Lipinski definition) is 1. The second-order valence-corrected chi connectivity index (χ2v) is 5.97. The molecule has 3 heterocycles. The van der Waals surface area contributed by atoms with Gasteiger partial charge in [0, 0.05) is 18.9 Å². The molecule has 1 N–H and O–H groups in total. The number of carbonyl (C=O) groups excluding carboxylic acids is 1. The fourth-order valence-electron chi connectivity index (χ4n) is 2.55. The van der Waals surface area contributed by atoms with Crippen LogP contribution in [0.3, 0.4) is 0 Å². The molecule has 0 spiro atoms. The van der Waals surface area contributed by atoms with E-state index in [9.17, 15) is 9.59 Å². The highest BCUT2D eigenvalue weighted by Gasteiger charge is 2.11. The van der Waals surface area contributed by atoms with E-state index in [1.807, 2.05) is 19.9 Å².